The van der Waals surface area contributed by atoms with Gasteiger partial charge >= 0.3 is 0 Å². The van der Waals surface area contributed by atoms with Gasteiger partial charge in [0.25, 0.3) is 0 Å². The molecule has 0 amide bonds. The molecule has 1 heterocycles. The highest BCUT2D eigenvalue weighted by Gasteiger charge is 2.13. The van der Waals surface area contributed by atoms with Gasteiger partial charge in [0, 0.05) is 24.4 Å². The maximum absolute atomic E-state index is 5.76. The molecule has 0 spiro atoms. The minimum absolute atomic E-state index is 0.403. The van der Waals surface area contributed by atoms with Crippen LogP contribution in [-0.4, -0.2) is 24.2 Å². The molecule has 1 fully saturated rings. The Morgan fingerprint density at radius 2 is 2.32 bits per heavy atom. The van der Waals surface area contributed by atoms with Gasteiger partial charge in [-0.1, -0.05) is 23.8 Å². The molecular weight excluding hydrogens is 256 g/mol. The fourth-order valence-electron chi connectivity index (χ4n) is 2.42. The Labute approximate surface area is 120 Å². The number of hydrogen-bond acceptors (Lipinski definition) is 3. The van der Waals surface area contributed by atoms with E-state index in [1.165, 1.54) is 24.8 Å². The molecule has 1 saturated heterocycles. The molecule has 0 saturated carbocycles. The molecule has 3 N–H and O–H groups in total. The number of hydrogen-bond donors (Lipinski definition) is 2. The van der Waals surface area contributed by atoms with Crippen molar-refractivity contribution in [2.45, 2.75) is 38.7 Å². The van der Waals surface area contributed by atoms with E-state index in [4.69, 9.17) is 22.7 Å². The smallest absolute Gasteiger partial charge is 0.106 e. The summed E-state index contributed by atoms with van der Waals surface area (Å²) < 4.78 is 5.72. The SMILES string of the molecule is Cc1ccc(NCCC2CCCCO2)c(C(N)=S)c1. The molecule has 1 aliphatic heterocycles. The lowest BCUT2D eigenvalue weighted by Gasteiger charge is -2.23. The van der Waals surface area contributed by atoms with Gasteiger partial charge in [-0.05, 0) is 44.7 Å². The van der Waals surface area contributed by atoms with E-state index >= 15 is 0 Å². The maximum atomic E-state index is 5.76. The Bertz CT molecular complexity index is 442. The number of anilines is 1. The van der Waals surface area contributed by atoms with Gasteiger partial charge in [0.15, 0.2) is 0 Å². The minimum atomic E-state index is 0.403. The van der Waals surface area contributed by atoms with Crippen LogP contribution in [0, 0.1) is 6.92 Å². The third-order valence-corrected chi connectivity index (χ3v) is 3.72. The first-order valence-corrected chi connectivity index (χ1v) is 7.33. The summed E-state index contributed by atoms with van der Waals surface area (Å²) in [6, 6.07) is 6.15. The standard InChI is InChI=1S/C15H22N2OS/c1-11-5-6-14(13(10-11)15(16)19)17-8-7-12-4-2-3-9-18-12/h5-6,10,12,17H,2-4,7-9H2,1H3,(H2,16,19). The van der Waals surface area contributed by atoms with Crippen LogP contribution in [0.3, 0.4) is 0 Å². The van der Waals surface area contributed by atoms with Crippen molar-refractivity contribution < 1.29 is 4.74 Å². The second kappa shape index (κ2) is 6.87. The maximum Gasteiger partial charge on any atom is 0.106 e. The lowest BCUT2D eigenvalue weighted by atomic mass is 10.1. The predicted octanol–water partition coefficient (Wildman–Crippen LogP) is 3.00. The van der Waals surface area contributed by atoms with Crippen molar-refractivity contribution in [1.82, 2.24) is 0 Å². The zero-order chi connectivity index (χ0) is 13.7. The zero-order valence-corrected chi connectivity index (χ0v) is 12.3. The monoisotopic (exact) mass is 278 g/mol. The summed E-state index contributed by atoms with van der Waals surface area (Å²) in [6.07, 6.45) is 5.10. The van der Waals surface area contributed by atoms with E-state index < -0.39 is 0 Å². The van der Waals surface area contributed by atoms with E-state index in [0.717, 1.165) is 30.8 Å². The van der Waals surface area contributed by atoms with Crippen LogP contribution >= 0.6 is 12.2 Å². The Kier molecular flexibility index (Phi) is 5.16. The van der Waals surface area contributed by atoms with Gasteiger partial charge in [-0.2, -0.15) is 0 Å². The van der Waals surface area contributed by atoms with Crippen molar-refractivity contribution in [3.05, 3.63) is 29.3 Å². The number of rotatable bonds is 5. The van der Waals surface area contributed by atoms with E-state index in [1.807, 2.05) is 19.1 Å². The van der Waals surface area contributed by atoms with Crippen molar-refractivity contribution in [2.75, 3.05) is 18.5 Å². The van der Waals surface area contributed by atoms with Crippen molar-refractivity contribution >= 4 is 22.9 Å². The molecule has 104 valence electrons. The largest absolute Gasteiger partial charge is 0.389 e. The molecule has 2 rings (SSSR count). The van der Waals surface area contributed by atoms with Crippen LogP contribution in [0.5, 0.6) is 0 Å². The molecule has 19 heavy (non-hydrogen) atoms. The molecule has 0 radical (unpaired) electrons. The molecule has 1 aliphatic rings. The first kappa shape index (κ1) is 14.3. The van der Waals surface area contributed by atoms with Crippen molar-refractivity contribution in [3.8, 4) is 0 Å². The molecular formula is C15H22N2OS. The van der Waals surface area contributed by atoms with Gasteiger partial charge in [0.1, 0.15) is 4.99 Å². The fraction of sp³-hybridized carbons (Fsp3) is 0.533. The van der Waals surface area contributed by atoms with Crippen molar-refractivity contribution in [2.24, 2.45) is 5.73 Å². The van der Waals surface area contributed by atoms with Crippen LogP contribution in [0.2, 0.25) is 0 Å². The van der Waals surface area contributed by atoms with E-state index in [1.54, 1.807) is 0 Å². The van der Waals surface area contributed by atoms with Gasteiger partial charge in [0.2, 0.25) is 0 Å². The molecule has 0 aliphatic carbocycles. The van der Waals surface area contributed by atoms with Crippen LogP contribution in [0.4, 0.5) is 5.69 Å². The highest BCUT2D eigenvalue weighted by Crippen LogP contribution is 2.19. The molecule has 0 bridgehead atoms. The summed E-state index contributed by atoms with van der Waals surface area (Å²) in [5.74, 6) is 0. The summed E-state index contributed by atoms with van der Waals surface area (Å²) in [5.41, 5.74) is 8.89. The number of nitrogens with one attached hydrogen (secondary N) is 1. The fourth-order valence-corrected chi connectivity index (χ4v) is 2.59. The summed E-state index contributed by atoms with van der Waals surface area (Å²) in [4.78, 5) is 0.445. The van der Waals surface area contributed by atoms with Gasteiger partial charge in [-0.25, -0.2) is 0 Å². The summed E-state index contributed by atoms with van der Waals surface area (Å²) in [7, 11) is 0. The van der Waals surface area contributed by atoms with Gasteiger partial charge in [-0.3, -0.25) is 0 Å². The second-order valence-electron chi connectivity index (χ2n) is 5.12. The van der Waals surface area contributed by atoms with E-state index in [-0.39, 0.29) is 0 Å². The lowest BCUT2D eigenvalue weighted by molar-refractivity contribution is 0.0134. The Balaban J connectivity index is 1.89. The Hall–Kier alpha value is -1.13. The lowest BCUT2D eigenvalue weighted by Crippen LogP contribution is -2.22. The van der Waals surface area contributed by atoms with Gasteiger partial charge in [-0.15, -0.1) is 0 Å². The van der Waals surface area contributed by atoms with Crippen molar-refractivity contribution in [3.63, 3.8) is 0 Å². The first-order valence-electron chi connectivity index (χ1n) is 6.93. The van der Waals surface area contributed by atoms with E-state index in [0.29, 0.717) is 11.1 Å². The quantitative estimate of drug-likeness (QED) is 0.813. The molecule has 1 aromatic carbocycles. The number of benzene rings is 1. The summed E-state index contributed by atoms with van der Waals surface area (Å²) in [6.45, 7) is 3.85. The van der Waals surface area contributed by atoms with Gasteiger partial charge < -0.3 is 15.8 Å². The number of thiocarbonyl (C=S) groups is 1. The second-order valence-corrected chi connectivity index (χ2v) is 5.56. The topological polar surface area (TPSA) is 47.3 Å². The molecule has 1 unspecified atom stereocenters. The average molecular weight is 278 g/mol. The van der Waals surface area contributed by atoms with Crippen molar-refractivity contribution in [1.29, 1.82) is 0 Å². The first-order chi connectivity index (χ1) is 9.16. The minimum Gasteiger partial charge on any atom is -0.389 e. The molecule has 0 aromatic heterocycles. The highest BCUT2D eigenvalue weighted by molar-refractivity contribution is 7.80. The van der Waals surface area contributed by atoms with Crippen LogP contribution in [0.1, 0.15) is 36.8 Å². The molecule has 4 heteroatoms. The average Bonchev–Trinajstić information content (AvgIpc) is 2.41. The molecule has 3 nitrogen and oxygen atoms in total. The zero-order valence-electron chi connectivity index (χ0n) is 11.4. The predicted molar refractivity (Wildman–Crippen MR) is 83.8 cm³/mol. The normalized spacial score (nSPS) is 19.1. The number of ether oxygens (including phenoxy) is 1. The van der Waals surface area contributed by atoms with Crippen LogP contribution < -0.4 is 11.1 Å². The third kappa shape index (κ3) is 4.18. The Morgan fingerprint density at radius 3 is 3.00 bits per heavy atom. The van der Waals surface area contributed by atoms with E-state index in [9.17, 15) is 0 Å². The summed E-state index contributed by atoms with van der Waals surface area (Å²) in [5, 5.41) is 3.42. The highest BCUT2D eigenvalue weighted by atomic mass is 32.1. The third-order valence-electron chi connectivity index (χ3n) is 3.50. The molecule has 1 atom stereocenters. The van der Waals surface area contributed by atoms with Crippen LogP contribution in [-0.2, 0) is 4.74 Å². The van der Waals surface area contributed by atoms with E-state index in [2.05, 4.69) is 11.4 Å². The Morgan fingerprint density at radius 1 is 1.47 bits per heavy atom. The summed E-state index contributed by atoms with van der Waals surface area (Å²) >= 11 is 5.10. The molecule has 1 aromatic rings. The van der Waals surface area contributed by atoms with Crippen LogP contribution in [0.15, 0.2) is 18.2 Å². The van der Waals surface area contributed by atoms with Crippen LogP contribution in [0.25, 0.3) is 0 Å². The number of nitrogens with two attached hydrogens (primary N) is 1. The van der Waals surface area contributed by atoms with Gasteiger partial charge in [0.05, 0.1) is 6.10 Å². The number of aryl methyl sites for hydroxylation is 1.